The second-order valence-corrected chi connectivity index (χ2v) is 3.24. The van der Waals surface area contributed by atoms with E-state index in [1.54, 1.807) is 6.92 Å². The van der Waals surface area contributed by atoms with Gasteiger partial charge < -0.3 is 0 Å². The van der Waals surface area contributed by atoms with Crippen molar-refractivity contribution < 1.29 is 18.0 Å². The number of benzene rings is 1. The zero-order chi connectivity index (χ0) is 11.6. The Bertz CT molecular complexity index is 386. The Kier molecular flexibility index (Phi) is 3.50. The summed E-state index contributed by atoms with van der Waals surface area (Å²) in [5.41, 5.74) is -0.421. The lowest BCUT2D eigenvalue weighted by Crippen LogP contribution is -2.03. The van der Waals surface area contributed by atoms with Crippen LogP contribution in [0.5, 0.6) is 0 Å². The Morgan fingerprint density at radius 3 is 2.40 bits per heavy atom. The maximum absolute atomic E-state index is 13.3. The zero-order valence-corrected chi connectivity index (χ0v) is 8.48. The molecule has 15 heavy (non-hydrogen) atoms. The van der Waals surface area contributed by atoms with Crippen LogP contribution in [-0.4, -0.2) is 5.78 Å². The van der Waals surface area contributed by atoms with Crippen molar-refractivity contribution in [1.29, 1.82) is 0 Å². The molecule has 1 aromatic carbocycles. The summed E-state index contributed by atoms with van der Waals surface area (Å²) in [7, 11) is 0. The summed E-state index contributed by atoms with van der Waals surface area (Å²) in [5.74, 6) is -1.15. The lowest BCUT2D eigenvalue weighted by molar-refractivity contribution is 0.0998. The van der Waals surface area contributed by atoms with Crippen molar-refractivity contribution in [3.05, 3.63) is 34.6 Å². The molecule has 0 bridgehead atoms. The molecule has 0 aliphatic heterocycles. The first-order valence-electron chi connectivity index (χ1n) is 4.58. The largest absolute Gasteiger partial charge is 0.294 e. The Balaban J connectivity index is 3.38. The fourth-order valence-corrected chi connectivity index (χ4v) is 1.39. The average molecular weight is 216 g/mol. The van der Waals surface area contributed by atoms with Gasteiger partial charge in [0.05, 0.1) is 0 Å². The van der Waals surface area contributed by atoms with Crippen LogP contribution in [0.15, 0.2) is 12.1 Å². The first-order valence-corrected chi connectivity index (χ1v) is 4.58. The molecule has 0 aliphatic carbocycles. The van der Waals surface area contributed by atoms with Gasteiger partial charge in [-0.3, -0.25) is 4.79 Å². The highest BCUT2D eigenvalue weighted by atomic mass is 19.3. The lowest BCUT2D eigenvalue weighted by atomic mass is 10.00. The Labute approximate surface area is 85.9 Å². The predicted molar refractivity (Wildman–Crippen MR) is 50.7 cm³/mol. The topological polar surface area (TPSA) is 17.1 Å². The standard InChI is InChI=1S/C11H11F3O/c1-3-7-4-9(11(13)14)8(6(2)15)5-10(7)12/h4-5,11H,3H2,1-2H3. The van der Waals surface area contributed by atoms with Crippen LogP contribution < -0.4 is 0 Å². The highest BCUT2D eigenvalue weighted by molar-refractivity contribution is 5.95. The number of carbonyl (C=O) groups excluding carboxylic acids is 1. The van der Waals surface area contributed by atoms with Crippen molar-refractivity contribution in [2.75, 3.05) is 0 Å². The molecule has 1 nitrogen and oxygen atoms in total. The number of aryl methyl sites for hydroxylation is 1. The van der Waals surface area contributed by atoms with Crippen molar-refractivity contribution in [3.63, 3.8) is 0 Å². The van der Waals surface area contributed by atoms with Crippen LogP contribution in [0.4, 0.5) is 13.2 Å². The van der Waals surface area contributed by atoms with E-state index < -0.39 is 18.0 Å². The van der Waals surface area contributed by atoms with Gasteiger partial charge in [-0.25, -0.2) is 13.2 Å². The van der Waals surface area contributed by atoms with Gasteiger partial charge >= 0.3 is 0 Å². The third-order valence-corrected chi connectivity index (χ3v) is 2.21. The molecule has 0 aliphatic rings. The minimum absolute atomic E-state index is 0.204. The Hall–Kier alpha value is -1.32. The third-order valence-electron chi connectivity index (χ3n) is 2.21. The van der Waals surface area contributed by atoms with Gasteiger partial charge in [-0.15, -0.1) is 0 Å². The van der Waals surface area contributed by atoms with E-state index in [2.05, 4.69) is 0 Å². The first-order chi connectivity index (χ1) is 6.97. The van der Waals surface area contributed by atoms with Crippen molar-refractivity contribution in [3.8, 4) is 0 Å². The van der Waals surface area contributed by atoms with Gasteiger partial charge in [-0.2, -0.15) is 0 Å². The molecule has 0 N–H and O–H groups in total. The summed E-state index contributed by atoms with van der Waals surface area (Å²) in [6.07, 6.45) is -2.43. The molecule has 82 valence electrons. The number of carbonyl (C=O) groups is 1. The molecule has 4 heteroatoms. The van der Waals surface area contributed by atoms with Crippen LogP contribution in [-0.2, 0) is 6.42 Å². The van der Waals surface area contributed by atoms with E-state index in [9.17, 15) is 18.0 Å². The van der Waals surface area contributed by atoms with Crippen LogP contribution in [0, 0.1) is 5.82 Å². The number of ketones is 1. The normalized spacial score (nSPS) is 10.8. The van der Waals surface area contributed by atoms with Crippen molar-refractivity contribution in [1.82, 2.24) is 0 Å². The second kappa shape index (κ2) is 4.47. The minimum Gasteiger partial charge on any atom is -0.294 e. The van der Waals surface area contributed by atoms with Crippen LogP contribution in [0.1, 0.15) is 41.8 Å². The van der Waals surface area contributed by atoms with Gasteiger partial charge in [0.15, 0.2) is 5.78 Å². The Morgan fingerprint density at radius 1 is 1.40 bits per heavy atom. The van der Waals surface area contributed by atoms with Gasteiger partial charge in [0.2, 0.25) is 0 Å². The average Bonchev–Trinajstić information content (AvgIpc) is 2.16. The van der Waals surface area contributed by atoms with Gasteiger partial charge in [-0.05, 0) is 31.0 Å². The SMILES string of the molecule is CCc1cc(C(F)F)c(C(C)=O)cc1F. The molecule has 0 atom stereocenters. The molecule has 1 rings (SSSR count). The van der Waals surface area contributed by atoms with Crippen molar-refractivity contribution in [2.24, 2.45) is 0 Å². The van der Waals surface area contributed by atoms with Crippen molar-refractivity contribution in [2.45, 2.75) is 26.7 Å². The summed E-state index contributed by atoms with van der Waals surface area (Å²) >= 11 is 0. The molecule has 0 aromatic heterocycles. The smallest absolute Gasteiger partial charge is 0.264 e. The lowest BCUT2D eigenvalue weighted by Gasteiger charge is -2.09. The molecule has 0 fully saturated rings. The van der Waals surface area contributed by atoms with E-state index >= 15 is 0 Å². The van der Waals surface area contributed by atoms with Gasteiger partial charge in [-0.1, -0.05) is 6.92 Å². The highest BCUT2D eigenvalue weighted by Gasteiger charge is 2.18. The number of halogens is 3. The first kappa shape index (κ1) is 11.8. The van der Waals surface area contributed by atoms with Gasteiger partial charge in [0, 0.05) is 11.1 Å². The summed E-state index contributed by atoms with van der Waals surface area (Å²) in [6.45, 7) is 2.81. The molecule has 0 radical (unpaired) electrons. The molecule has 0 heterocycles. The molecule has 0 saturated heterocycles. The fourth-order valence-electron chi connectivity index (χ4n) is 1.39. The summed E-state index contributed by atoms with van der Waals surface area (Å²) in [4.78, 5) is 11.0. The number of alkyl halides is 2. The van der Waals surface area contributed by atoms with E-state index in [1.807, 2.05) is 0 Å². The second-order valence-electron chi connectivity index (χ2n) is 3.24. The number of hydrogen-bond acceptors (Lipinski definition) is 1. The van der Waals surface area contributed by atoms with Crippen LogP contribution >= 0.6 is 0 Å². The zero-order valence-electron chi connectivity index (χ0n) is 8.48. The molecule has 1 aromatic rings. The van der Waals surface area contributed by atoms with E-state index in [-0.39, 0.29) is 16.7 Å². The fraction of sp³-hybridized carbons (Fsp3) is 0.364. The van der Waals surface area contributed by atoms with Crippen LogP contribution in [0.3, 0.4) is 0 Å². The number of hydrogen-bond donors (Lipinski definition) is 0. The molecular formula is C11H11F3O. The molecular weight excluding hydrogens is 205 g/mol. The van der Waals surface area contributed by atoms with E-state index in [1.165, 1.54) is 0 Å². The summed E-state index contributed by atoms with van der Waals surface area (Å²) in [6, 6.07) is 1.96. The monoisotopic (exact) mass is 216 g/mol. The van der Waals surface area contributed by atoms with Crippen LogP contribution in [0.2, 0.25) is 0 Å². The van der Waals surface area contributed by atoms with Gasteiger partial charge in [0.1, 0.15) is 5.82 Å². The predicted octanol–water partition coefficient (Wildman–Crippen LogP) is 3.53. The molecule has 0 amide bonds. The number of rotatable bonds is 3. The quantitative estimate of drug-likeness (QED) is 0.706. The summed E-state index contributed by atoms with van der Waals surface area (Å²) < 4.78 is 38.4. The molecule has 0 saturated carbocycles. The molecule has 0 spiro atoms. The maximum atomic E-state index is 13.3. The Morgan fingerprint density at radius 2 is 2.00 bits per heavy atom. The third kappa shape index (κ3) is 2.37. The van der Waals surface area contributed by atoms with Crippen LogP contribution in [0.25, 0.3) is 0 Å². The van der Waals surface area contributed by atoms with E-state index in [4.69, 9.17) is 0 Å². The van der Waals surface area contributed by atoms with E-state index in [0.29, 0.717) is 6.42 Å². The van der Waals surface area contributed by atoms with Gasteiger partial charge in [0.25, 0.3) is 6.43 Å². The highest BCUT2D eigenvalue weighted by Crippen LogP contribution is 2.26. The summed E-state index contributed by atoms with van der Waals surface area (Å²) in [5, 5.41) is 0. The van der Waals surface area contributed by atoms with E-state index in [0.717, 1.165) is 19.1 Å². The molecule has 0 unspecified atom stereocenters. The number of Topliss-reactive ketones (excluding diaryl/α,β-unsaturated/α-hetero) is 1. The van der Waals surface area contributed by atoms with Crippen molar-refractivity contribution >= 4 is 5.78 Å². The minimum atomic E-state index is -2.75. The maximum Gasteiger partial charge on any atom is 0.264 e.